The standard InChI is InChI=1S/C14H17NO4/c1-4-8(2)10-11(14(18)19-3)9-6-5-7-15(9)13(17)12(10)16/h4,8,16H,1,5-7H2,2-3H3/t8-/m1/s1. The van der Waals surface area contributed by atoms with Gasteiger partial charge in [0.2, 0.25) is 0 Å². The largest absolute Gasteiger partial charge is 0.503 e. The van der Waals surface area contributed by atoms with Gasteiger partial charge in [0.25, 0.3) is 5.56 Å². The molecule has 1 atom stereocenters. The summed E-state index contributed by atoms with van der Waals surface area (Å²) in [4.78, 5) is 24.1. The van der Waals surface area contributed by atoms with E-state index in [1.807, 2.05) is 0 Å². The number of aromatic nitrogens is 1. The van der Waals surface area contributed by atoms with Crippen molar-refractivity contribution in [1.29, 1.82) is 0 Å². The minimum atomic E-state index is -0.523. The van der Waals surface area contributed by atoms with Gasteiger partial charge in [-0.25, -0.2) is 4.79 Å². The van der Waals surface area contributed by atoms with Crippen molar-refractivity contribution in [2.24, 2.45) is 0 Å². The monoisotopic (exact) mass is 263 g/mol. The third-order valence-corrected chi connectivity index (χ3v) is 3.58. The van der Waals surface area contributed by atoms with E-state index in [1.165, 1.54) is 11.7 Å². The summed E-state index contributed by atoms with van der Waals surface area (Å²) in [5.41, 5.74) is 0.840. The summed E-state index contributed by atoms with van der Waals surface area (Å²) in [6.45, 7) is 5.96. The fraction of sp³-hybridized carbons (Fsp3) is 0.429. The second kappa shape index (κ2) is 4.91. The van der Waals surface area contributed by atoms with Crippen molar-refractivity contribution in [3.05, 3.63) is 39.8 Å². The van der Waals surface area contributed by atoms with Gasteiger partial charge in [0.15, 0.2) is 5.75 Å². The summed E-state index contributed by atoms with van der Waals surface area (Å²) in [5, 5.41) is 10.1. The molecule has 1 aliphatic rings. The van der Waals surface area contributed by atoms with Crippen LogP contribution >= 0.6 is 0 Å². The number of carbonyl (C=O) groups is 1. The van der Waals surface area contributed by atoms with Crippen molar-refractivity contribution in [2.75, 3.05) is 7.11 Å². The van der Waals surface area contributed by atoms with Gasteiger partial charge in [-0.05, 0) is 12.8 Å². The van der Waals surface area contributed by atoms with E-state index in [0.29, 0.717) is 29.8 Å². The zero-order valence-electron chi connectivity index (χ0n) is 11.1. The van der Waals surface area contributed by atoms with Crippen LogP contribution in [0.25, 0.3) is 0 Å². The molecule has 0 saturated carbocycles. The lowest BCUT2D eigenvalue weighted by Gasteiger charge is -2.18. The minimum Gasteiger partial charge on any atom is -0.503 e. The van der Waals surface area contributed by atoms with Gasteiger partial charge in [0.1, 0.15) is 0 Å². The molecule has 19 heavy (non-hydrogen) atoms. The predicted molar refractivity (Wildman–Crippen MR) is 70.6 cm³/mol. The van der Waals surface area contributed by atoms with E-state index in [4.69, 9.17) is 4.74 Å². The number of carbonyl (C=O) groups excluding carboxylic acids is 1. The highest BCUT2D eigenvalue weighted by atomic mass is 16.5. The summed E-state index contributed by atoms with van der Waals surface area (Å²) in [7, 11) is 1.29. The summed E-state index contributed by atoms with van der Waals surface area (Å²) < 4.78 is 6.25. The molecule has 0 amide bonds. The van der Waals surface area contributed by atoms with Gasteiger partial charge in [0.05, 0.1) is 12.7 Å². The average molecular weight is 263 g/mol. The van der Waals surface area contributed by atoms with E-state index in [-0.39, 0.29) is 11.7 Å². The summed E-state index contributed by atoms with van der Waals surface area (Å²) in [6.07, 6.45) is 3.01. The SMILES string of the molecule is C=C[C@@H](C)c1c(C(=O)OC)c2n(c(=O)c1O)CCC2. The highest BCUT2D eigenvalue weighted by Crippen LogP contribution is 2.32. The van der Waals surface area contributed by atoms with Crippen LogP contribution in [0.15, 0.2) is 17.4 Å². The molecule has 0 aromatic carbocycles. The fourth-order valence-electron chi connectivity index (χ4n) is 2.57. The second-order valence-electron chi connectivity index (χ2n) is 4.66. The molecular weight excluding hydrogens is 246 g/mol. The van der Waals surface area contributed by atoms with Crippen LogP contribution in [0.2, 0.25) is 0 Å². The molecule has 5 nitrogen and oxygen atoms in total. The topological polar surface area (TPSA) is 68.5 Å². The molecule has 0 aliphatic carbocycles. The van der Waals surface area contributed by atoms with Gasteiger partial charge in [-0.15, -0.1) is 6.58 Å². The van der Waals surface area contributed by atoms with Crippen molar-refractivity contribution in [3.63, 3.8) is 0 Å². The van der Waals surface area contributed by atoms with Crippen molar-refractivity contribution in [2.45, 2.75) is 32.2 Å². The lowest BCUT2D eigenvalue weighted by molar-refractivity contribution is 0.0596. The normalized spacial score (nSPS) is 14.8. The zero-order valence-corrected chi connectivity index (χ0v) is 11.1. The van der Waals surface area contributed by atoms with Crippen LogP contribution in [0.4, 0.5) is 0 Å². The molecule has 0 spiro atoms. The Balaban J connectivity index is 2.85. The summed E-state index contributed by atoms with van der Waals surface area (Å²) >= 11 is 0. The number of rotatable bonds is 3. The Morgan fingerprint density at radius 1 is 1.58 bits per heavy atom. The van der Waals surface area contributed by atoms with Crippen LogP contribution in [-0.2, 0) is 17.7 Å². The molecule has 0 bridgehead atoms. The number of nitrogens with zero attached hydrogens (tertiary/aromatic N) is 1. The number of methoxy groups -OCH3 is 1. The minimum absolute atomic E-state index is 0.298. The maximum Gasteiger partial charge on any atom is 0.340 e. The number of hydrogen-bond donors (Lipinski definition) is 1. The van der Waals surface area contributed by atoms with Crippen molar-refractivity contribution < 1.29 is 14.6 Å². The molecule has 0 saturated heterocycles. The number of hydrogen-bond acceptors (Lipinski definition) is 4. The van der Waals surface area contributed by atoms with Crippen LogP contribution in [0.5, 0.6) is 5.75 Å². The molecule has 1 aliphatic heterocycles. The first-order valence-corrected chi connectivity index (χ1v) is 6.22. The Hall–Kier alpha value is -2.04. The zero-order chi connectivity index (χ0) is 14.2. The Morgan fingerprint density at radius 3 is 2.84 bits per heavy atom. The summed E-state index contributed by atoms with van der Waals surface area (Å²) in [5.74, 6) is -1.20. The van der Waals surface area contributed by atoms with E-state index in [2.05, 4.69) is 6.58 Å². The van der Waals surface area contributed by atoms with Gasteiger partial charge in [-0.3, -0.25) is 4.79 Å². The molecule has 0 fully saturated rings. The molecule has 0 unspecified atom stereocenters. The third kappa shape index (κ3) is 1.95. The summed E-state index contributed by atoms with van der Waals surface area (Å²) in [6, 6.07) is 0. The predicted octanol–water partition coefficient (Wildman–Crippen LogP) is 1.58. The molecule has 2 rings (SSSR count). The molecular formula is C14H17NO4. The maximum atomic E-state index is 12.1. The number of aromatic hydroxyl groups is 1. The van der Waals surface area contributed by atoms with Crippen LogP contribution in [0, 0.1) is 0 Å². The van der Waals surface area contributed by atoms with Gasteiger partial charge < -0.3 is 14.4 Å². The smallest absolute Gasteiger partial charge is 0.340 e. The van der Waals surface area contributed by atoms with E-state index in [0.717, 1.165) is 6.42 Å². The number of allylic oxidation sites excluding steroid dienone is 1. The Labute approximate surface area is 111 Å². The molecule has 0 radical (unpaired) electrons. The highest BCUT2D eigenvalue weighted by Gasteiger charge is 2.30. The van der Waals surface area contributed by atoms with Crippen LogP contribution in [0.1, 0.15) is 40.9 Å². The number of ether oxygens (including phenoxy) is 1. The number of fused-ring (bicyclic) bond motifs is 1. The average Bonchev–Trinajstić information content (AvgIpc) is 2.90. The van der Waals surface area contributed by atoms with Crippen molar-refractivity contribution in [3.8, 4) is 5.75 Å². The lowest BCUT2D eigenvalue weighted by atomic mass is 9.93. The fourth-order valence-corrected chi connectivity index (χ4v) is 2.57. The first-order valence-electron chi connectivity index (χ1n) is 6.22. The molecule has 1 aromatic heterocycles. The first-order chi connectivity index (χ1) is 9.02. The van der Waals surface area contributed by atoms with Gasteiger partial charge in [-0.2, -0.15) is 0 Å². The molecule has 2 heterocycles. The molecule has 102 valence electrons. The van der Waals surface area contributed by atoms with E-state index in [9.17, 15) is 14.7 Å². The Kier molecular flexibility index (Phi) is 3.46. The number of pyridine rings is 1. The molecule has 5 heteroatoms. The van der Waals surface area contributed by atoms with E-state index < -0.39 is 11.5 Å². The maximum absolute atomic E-state index is 12.1. The first kappa shape index (κ1) is 13.4. The molecule has 1 aromatic rings. The number of esters is 1. The third-order valence-electron chi connectivity index (χ3n) is 3.58. The van der Waals surface area contributed by atoms with Crippen LogP contribution < -0.4 is 5.56 Å². The van der Waals surface area contributed by atoms with Crippen LogP contribution in [-0.4, -0.2) is 22.8 Å². The Morgan fingerprint density at radius 2 is 2.26 bits per heavy atom. The lowest BCUT2D eigenvalue weighted by Crippen LogP contribution is -2.25. The molecule has 1 N–H and O–H groups in total. The Bertz CT molecular complexity index is 600. The second-order valence-corrected chi connectivity index (χ2v) is 4.66. The quantitative estimate of drug-likeness (QED) is 0.664. The highest BCUT2D eigenvalue weighted by molar-refractivity contribution is 5.93. The van der Waals surface area contributed by atoms with Crippen molar-refractivity contribution >= 4 is 5.97 Å². The van der Waals surface area contributed by atoms with Gasteiger partial charge in [-0.1, -0.05) is 13.0 Å². The van der Waals surface area contributed by atoms with E-state index >= 15 is 0 Å². The van der Waals surface area contributed by atoms with E-state index in [1.54, 1.807) is 13.0 Å². The van der Waals surface area contributed by atoms with Gasteiger partial charge in [0, 0.05) is 23.7 Å². The van der Waals surface area contributed by atoms with Crippen molar-refractivity contribution in [1.82, 2.24) is 4.57 Å². The van der Waals surface area contributed by atoms with Gasteiger partial charge >= 0.3 is 5.97 Å². The van der Waals surface area contributed by atoms with Crippen LogP contribution in [0.3, 0.4) is 0 Å².